The first-order chi connectivity index (χ1) is 12.4. The monoisotopic (exact) mass is 359 g/mol. The predicted octanol–water partition coefficient (Wildman–Crippen LogP) is 1.99. The first-order valence-corrected chi connectivity index (χ1v) is 7.86. The van der Waals surface area contributed by atoms with Crippen LogP contribution in [0.25, 0.3) is 0 Å². The van der Waals surface area contributed by atoms with E-state index in [4.69, 9.17) is 4.74 Å². The van der Waals surface area contributed by atoms with Gasteiger partial charge in [0, 0.05) is 12.2 Å². The van der Waals surface area contributed by atoms with Gasteiger partial charge in [0.2, 0.25) is 0 Å². The van der Waals surface area contributed by atoms with Crippen molar-refractivity contribution in [1.82, 2.24) is 5.32 Å². The Morgan fingerprint density at radius 2 is 1.88 bits per heavy atom. The number of nitriles is 1. The van der Waals surface area contributed by atoms with Gasteiger partial charge in [-0.1, -0.05) is 6.92 Å². The summed E-state index contributed by atoms with van der Waals surface area (Å²) in [5.41, 5.74) is 0.350. The van der Waals surface area contributed by atoms with E-state index in [-0.39, 0.29) is 28.4 Å². The van der Waals surface area contributed by atoms with Gasteiger partial charge in [0.05, 0.1) is 31.0 Å². The molecule has 1 atom stereocenters. The Morgan fingerprint density at radius 3 is 2.42 bits per heavy atom. The van der Waals surface area contributed by atoms with Crippen molar-refractivity contribution >= 4 is 23.5 Å². The van der Waals surface area contributed by atoms with E-state index < -0.39 is 17.8 Å². The second-order valence-corrected chi connectivity index (χ2v) is 5.34. The van der Waals surface area contributed by atoms with Crippen molar-refractivity contribution in [2.45, 2.75) is 26.3 Å². The minimum Gasteiger partial charge on any atom is -0.465 e. The van der Waals surface area contributed by atoms with Crippen molar-refractivity contribution in [2.24, 2.45) is 0 Å². The molecule has 0 aromatic heterocycles. The summed E-state index contributed by atoms with van der Waals surface area (Å²) in [5.74, 6) is -1.78. The average molecular weight is 359 g/mol. The van der Waals surface area contributed by atoms with Crippen molar-refractivity contribution in [3.63, 3.8) is 0 Å². The summed E-state index contributed by atoms with van der Waals surface area (Å²) in [4.78, 5) is 35.6. The van der Waals surface area contributed by atoms with Gasteiger partial charge in [-0.15, -0.1) is 0 Å². The Labute approximate surface area is 151 Å². The molecule has 0 heterocycles. The van der Waals surface area contributed by atoms with E-state index in [1.165, 1.54) is 38.6 Å². The number of esters is 2. The molecule has 1 unspecified atom stereocenters. The Hall–Kier alpha value is -3.34. The van der Waals surface area contributed by atoms with Crippen LogP contribution in [0.5, 0.6) is 0 Å². The number of hydrogen-bond acceptors (Lipinski definition) is 7. The molecular formula is C18H21N3O5. The number of nitrogens with zero attached hydrogens (tertiary/aromatic N) is 1. The van der Waals surface area contributed by atoms with Crippen molar-refractivity contribution < 1.29 is 23.9 Å². The number of anilines is 1. The zero-order valence-corrected chi connectivity index (χ0v) is 15.1. The second kappa shape index (κ2) is 9.84. The summed E-state index contributed by atoms with van der Waals surface area (Å²) in [6.45, 7) is 3.72. The molecule has 0 spiro atoms. The van der Waals surface area contributed by atoms with Crippen LogP contribution in [-0.2, 0) is 14.3 Å². The number of carbonyl (C=O) groups is 3. The molecule has 2 N–H and O–H groups in total. The topological polar surface area (TPSA) is 118 Å². The fourth-order valence-corrected chi connectivity index (χ4v) is 1.90. The molecule has 1 aromatic rings. The number of rotatable bonds is 7. The zero-order chi connectivity index (χ0) is 19.7. The molecule has 1 rings (SSSR count). The molecule has 0 aliphatic heterocycles. The Morgan fingerprint density at radius 1 is 1.23 bits per heavy atom. The fraction of sp³-hybridized carbons (Fsp3) is 0.333. The Kier molecular flexibility index (Phi) is 7.83. The van der Waals surface area contributed by atoms with Gasteiger partial charge in [0.25, 0.3) is 5.91 Å². The molecule has 0 aliphatic carbocycles. The number of carbonyl (C=O) groups excluding carboxylic acids is 3. The number of amides is 1. The number of methoxy groups -OCH3 is 2. The Bertz CT molecular complexity index is 765. The van der Waals surface area contributed by atoms with Gasteiger partial charge in [-0.3, -0.25) is 4.79 Å². The standard InChI is InChI=1S/C18H21N3O5/c1-5-11(2)21-16(22)13(9-19)10-20-15-8-12(17(23)25-3)6-7-14(15)18(24)26-4/h6-8,10-11,20H,5H2,1-4H3,(H,21,22)/b13-10-. The lowest BCUT2D eigenvalue weighted by atomic mass is 10.1. The molecule has 8 nitrogen and oxygen atoms in total. The van der Waals surface area contributed by atoms with Gasteiger partial charge in [0.15, 0.2) is 0 Å². The molecule has 0 radical (unpaired) electrons. The molecule has 138 valence electrons. The lowest BCUT2D eigenvalue weighted by molar-refractivity contribution is -0.117. The number of ether oxygens (including phenoxy) is 2. The van der Waals surface area contributed by atoms with Gasteiger partial charge in [-0.25, -0.2) is 9.59 Å². The molecule has 8 heteroatoms. The second-order valence-electron chi connectivity index (χ2n) is 5.34. The first-order valence-electron chi connectivity index (χ1n) is 7.86. The van der Waals surface area contributed by atoms with Gasteiger partial charge < -0.3 is 20.1 Å². The van der Waals surface area contributed by atoms with E-state index in [9.17, 15) is 19.6 Å². The van der Waals surface area contributed by atoms with Crippen molar-refractivity contribution in [2.75, 3.05) is 19.5 Å². The van der Waals surface area contributed by atoms with E-state index in [2.05, 4.69) is 15.4 Å². The highest BCUT2D eigenvalue weighted by Crippen LogP contribution is 2.20. The highest BCUT2D eigenvalue weighted by atomic mass is 16.5. The van der Waals surface area contributed by atoms with Crippen molar-refractivity contribution in [3.05, 3.63) is 41.1 Å². The molecule has 0 aliphatic rings. The summed E-state index contributed by atoms with van der Waals surface area (Å²) in [6.07, 6.45) is 1.88. The van der Waals surface area contributed by atoms with Crippen LogP contribution < -0.4 is 10.6 Å². The normalized spacial score (nSPS) is 11.7. The first kappa shape index (κ1) is 20.7. The van der Waals surface area contributed by atoms with Gasteiger partial charge in [-0.05, 0) is 31.5 Å². The molecule has 1 amide bonds. The average Bonchev–Trinajstić information content (AvgIpc) is 2.66. The predicted molar refractivity (Wildman–Crippen MR) is 94.3 cm³/mol. The van der Waals surface area contributed by atoms with Gasteiger partial charge in [-0.2, -0.15) is 5.26 Å². The lowest BCUT2D eigenvalue weighted by Gasteiger charge is -2.12. The van der Waals surface area contributed by atoms with E-state index in [1.807, 2.05) is 13.8 Å². The van der Waals surface area contributed by atoms with Crippen LogP contribution in [0.15, 0.2) is 30.0 Å². The van der Waals surface area contributed by atoms with Crippen LogP contribution in [0.3, 0.4) is 0 Å². The summed E-state index contributed by atoms with van der Waals surface area (Å²) in [7, 11) is 2.45. The van der Waals surface area contributed by atoms with E-state index >= 15 is 0 Å². The molecule has 0 saturated carbocycles. The van der Waals surface area contributed by atoms with E-state index in [0.29, 0.717) is 6.42 Å². The third kappa shape index (κ3) is 5.34. The number of nitrogens with one attached hydrogen (secondary N) is 2. The van der Waals surface area contributed by atoms with Crippen LogP contribution in [0.2, 0.25) is 0 Å². The van der Waals surface area contributed by atoms with Crippen LogP contribution in [0, 0.1) is 11.3 Å². The maximum Gasteiger partial charge on any atom is 0.339 e. The lowest BCUT2D eigenvalue weighted by Crippen LogP contribution is -2.33. The zero-order valence-electron chi connectivity index (χ0n) is 15.1. The quantitative estimate of drug-likeness (QED) is 0.434. The summed E-state index contributed by atoms with van der Waals surface area (Å²) in [6, 6.07) is 5.87. The number of benzene rings is 1. The van der Waals surface area contributed by atoms with Crippen molar-refractivity contribution in [3.8, 4) is 6.07 Å². The molecule has 26 heavy (non-hydrogen) atoms. The third-order valence-corrected chi connectivity index (χ3v) is 3.57. The number of hydrogen-bond donors (Lipinski definition) is 2. The summed E-state index contributed by atoms with van der Waals surface area (Å²) >= 11 is 0. The van der Waals surface area contributed by atoms with Gasteiger partial charge >= 0.3 is 11.9 Å². The fourth-order valence-electron chi connectivity index (χ4n) is 1.90. The summed E-state index contributed by atoms with van der Waals surface area (Å²) in [5, 5.41) is 14.6. The van der Waals surface area contributed by atoms with Gasteiger partial charge in [0.1, 0.15) is 11.6 Å². The Balaban J connectivity index is 3.18. The minimum absolute atomic E-state index is 0.0902. The molecule has 0 saturated heterocycles. The van der Waals surface area contributed by atoms with Crippen LogP contribution in [-0.4, -0.2) is 38.1 Å². The maximum absolute atomic E-state index is 12.1. The van der Waals surface area contributed by atoms with Crippen LogP contribution in [0.4, 0.5) is 5.69 Å². The molecule has 0 fully saturated rings. The third-order valence-electron chi connectivity index (χ3n) is 3.57. The smallest absolute Gasteiger partial charge is 0.339 e. The molecule has 1 aromatic carbocycles. The molecular weight excluding hydrogens is 338 g/mol. The van der Waals surface area contributed by atoms with Crippen LogP contribution in [0.1, 0.15) is 41.0 Å². The molecule has 0 bridgehead atoms. The maximum atomic E-state index is 12.1. The van der Waals surface area contributed by atoms with Crippen LogP contribution >= 0.6 is 0 Å². The highest BCUT2D eigenvalue weighted by Gasteiger charge is 2.16. The SMILES string of the molecule is CCC(C)NC(=O)/C(C#N)=C\Nc1cc(C(=O)OC)ccc1C(=O)OC. The van der Waals surface area contributed by atoms with E-state index in [1.54, 1.807) is 6.07 Å². The summed E-state index contributed by atoms with van der Waals surface area (Å²) < 4.78 is 9.34. The van der Waals surface area contributed by atoms with Crippen molar-refractivity contribution in [1.29, 1.82) is 5.26 Å². The van der Waals surface area contributed by atoms with E-state index in [0.717, 1.165) is 0 Å². The largest absolute Gasteiger partial charge is 0.465 e. The minimum atomic E-state index is -0.639. The highest BCUT2D eigenvalue weighted by molar-refractivity contribution is 6.00.